The van der Waals surface area contributed by atoms with Gasteiger partial charge in [-0.3, -0.25) is 0 Å². The first-order valence-corrected chi connectivity index (χ1v) is 7.62. The van der Waals surface area contributed by atoms with Gasteiger partial charge in [0.15, 0.2) is 0 Å². The first kappa shape index (κ1) is 15.7. The van der Waals surface area contributed by atoms with Gasteiger partial charge in [-0.1, -0.05) is 13.0 Å². The molecule has 21 heavy (non-hydrogen) atoms. The zero-order chi connectivity index (χ0) is 15.4. The van der Waals surface area contributed by atoms with Crippen LogP contribution in [0.15, 0.2) is 22.7 Å². The molecule has 0 saturated carbocycles. The minimum atomic E-state index is -0.330. The SMILES string of the molecule is CCCNc1nc(C)nc(Nc2c(F)cccc2Br)c1C. The molecule has 0 fully saturated rings. The minimum absolute atomic E-state index is 0.330. The molecule has 0 amide bonds. The van der Waals surface area contributed by atoms with Crippen LogP contribution in [-0.2, 0) is 0 Å². The van der Waals surface area contributed by atoms with Gasteiger partial charge in [0.2, 0.25) is 0 Å². The lowest BCUT2D eigenvalue weighted by Crippen LogP contribution is -2.09. The zero-order valence-corrected chi connectivity index (χ0v) is 13.9. The lowest BCUT2D eigenvalue weighted by atomic mass is 10.2. The summed E-state index contributed by atoms with van der Waals surface area (Å²) in [4.78, 5) is 8.76. The first-order chi connectivity index (χ1) is 10.0. The van der Waals surface area contributed by atoms with E-state index in [2.05, 4.69) is 43.5 Å². The summed E-state index contributed by atoms with van der Waals surface area (Å²) >= 11 is 3.35. The molecule has 0 bridgehead atoms. The van der Waals surface area contributed by atoms with E-state index in [9.17, 15) is 4.39 Å². The number of aromatic nitrogens is 2. The van der Waals surface area contributed by atoms with Crippen LogP contribution in [0.1, 0.15) is 24.7 Å². The Labute approximate surface area is 132 Å². The Hall–Kier alpha value is -1.69. The lowest BCUT2D eigenvalue weighted by Gasteiger charge is -2.15. The molecule has 2 rings (SSSR count). The summed E-state index contributed by atoms with van der Waals surface area (Å²) in [6, 6.07) is 4.84. The number of hydrogen-bond acceptors (Lipinski definition) is 4. The quantitative estimate of drug-likeness (QED) is 0.827. The van der Waals surface area contributed by atoms with Gasteiger partial charge >= 0.3 is 0 Å². The van der Waals surface area contributed by atoms with E-state index in [0.717, 1.165) is 24.3 Å². The summed E-state index contributed by atoms with van der Waals surface area (Å²) in [5.41, 5.74) is 1.24. The van der Waals surface area contributed by atoms with Crippen molar-refractivity contribution in [2.45, 2.75) is 27.2 Å². The van der Waals surface area contributed by atoms with Crippen LogP contribution >= 0.6 is 15.9 Å². The molecular formula is C15H18BrFN4. The van der Waals surface area contributed by atoms with Gasteiger partial charge in [0.25, 0.3) is 0 Å². The van der Waals surface area contributed by atoms with Crippen molar-refractivity contribution in [3.05, 3.63) is 39.9 Å². The van der Waals surface area contributed by atoms with Gasteiger partial charge in [-0.25, -0.2) is 14.4 Å². The molecule has 0 aliphatic heterocycles. The van der Waals surface area contributed by atoms with Crippen molar-refractivity contribution >= 4 is 33.3 Å². The van der Waals surface area contributed by atoms with Crippen LogP contribution in [0.25, 0.3) is 0 Å². The summed E-state index contributed by atoms with van der Waals surface area (Å²) in [7, 11) is 0. The Morgan fingerprint density at radius 2 is 1.90 bits per heavy atom. The van der Waals surface area contributed by atoms with Crippen LogP contribution in [0, 0.1) is 19.7 Å². The Balaban J connectivity index is 2.38. The molecule has 6 heteroatoms. The Morgan fingerprint density at radius 1 is 1.19 bits per heavy atom. The molecule has 0 spiro atoms. The van der Waals surface area contributed by atoms with Gasteiger partial charge in [-0.05, 0) is 48.3 Å². The lowest BCUT2D eigenvalue weighted by molar-refractivity contribution is 0.631. The number of halogens is 2. The highest BCUT2D eigenvalue weighted by Gasteiger charge is 2.12. The van der Waals surface area contributed by atoms with Crippen molar-refractivity contribution in [1.82, 2.24) is 9.97 Å². The standard InChI is InChI=1S/C15H18BrFN4/c1-4-8-18-14-9(2)15(20-10(3)19-14)21-13-11(16)6-5-7-12(13)17/h5-7H,4,8H2,1-3H3,(H2,18,19,20,21). The number of nitrogens with zero attached hydrogens (tertiary/aromatic N) is 2. The van der Waals surface area contributed by atoms with Crippen LogP contribution in [-0.4, -0.2) is 16.5 Å². The highest BCUT2D eigenvalue weighted by molar-refractivity contribution is 9.10. The summed E-state index contributed by atoms with van der Waals surface area (Å²) in [6.07, 6.45) is 1.00. The molecule has 2 aromatic rings. The average Bonchev–Trinajstić information content (AvgIpc) is 2.44. The third-order valence-electron chi connectivity index (χ3n) is 3.01. The van der Waals surface area contributed by atoms with E-state index in [-0.39, 0.29) is 5.82 Å². The highest BCUT2D eigenvalue weighted by atomic mass is 79.9. The predicted molar refractivity (Wildman–Crippen MR) is 87.7 cm³/mol. The van der Waals surface area contributed by atoms with E-state index in [4.69, 9.17) is 0 Å². The number of aryl methyl sites for hydroxylation is 1. The maximum absolute atomic E-state index is 13.9. The van der Waals surface area contributed by atoms with Crippen LogP contribution in [0.5, 0.6) is 0 Å². The van der Waals surface area contributed by atoms with Crippen LogP contribution in [0.2, 0.25) is 0 Å². The van der Waals surface area contributed by atoms with Gasteiger partial charge in [-0.15, -0.1) is 0 Å². The number of nitrogens with one attached hydrogen (secondary N) is 2. The van der Waals surface area contributed by atoms with Gasteiger partial charge in [0.05, 0.1) is 5.69 Å². The normalized spacial score (nSPS) is 10.5. The van der Waals surface area contributed by atoms with Crippen molar-refractivity contribution in [3.8, 4) is 0 Å². The summed E-state index contributed by atoms with van der Waals surface area (Å²) in [5, 5.41) is 6.32. The zero-order valence-electron chi connectivity index (χ0n) is 12.3. The van der Waals surface area contributed by atoms with E-state index in [0.29, 0.717) is 21.8 Å². The Bertz CT molecular complexity index is 626. The number of para-hydroxylation sites is 1. The van der Waals surface area contributed by atoms with Gasteiger partial charge in [0.1, 0.15) is 23.3 Å². The van der Waals surface area contributed by atoms with Crippen LogP contribution in [0.3, 0.4) is 0 Å². The highest BCUT2D eigenvalue weighted by Crippen LogP contribution is 2.30. The number of benzene rings is 1. The third-order valence-corrected chi connectivity index (χ3v) is 3.67. The Morgan fingerprint density at radius 3 is 2.57 bits per heavy atom. The minimum Gasteiger partial charge on any atom is -0.370 e. The predicted octanol–water partition coefficient (Wildman–Crippen LogP) is 4.56. The number of hydrogen-bond donors (Lipinski definition) is 2. The van der Waals surface area contributed by atoms with E-state index in [1.165, 1.54) is 6.07 Å². The van der Waals surface area contributed by atoms with Crippen LogP contribution in [0.4, 0.5) is 21.7 Å². The molecule has 0 saturated heterocycles. The fraction of sp³-hybridized carbons (Fsp3) is 0.333. The van der Waals surface area contributed by atoms with Gasteiger partial charge in [-0.2, -0.15) is 0 Å². The maximum atomic E-state index is 13.9. The van der Waals surface area contributed by atoms with E-state index in [1.54, 1.807) is 12.1 Å². The molecule has 0 aliphatic carbocycles. The molecule has 112 valence electrons. The second kappa shape index (κ2) is 6.85. The third kappa shape index (κ3) is 3.69. The second-order valence-electron chi connectivity index (χ2n) is 4.74. The van der Waals surface area contributed by atoms with Gasteiger partial charge < -0.3 is 10.6 Å². The maximum Gasteiger partial charge on any atom is 0.147 e. The van der Waals surface area contributed by atoms with Gasteiger partial charge in [0, 0.05) is 16.6 Å². The van der Waals surface area contributed by atoms with Crippen molar-refractivity contribution in [1.29, 1.82) is 0 Å². The van der Waals surface area contributed by atoms with E-state index in [1.807, 2.05) is 13.8 Å². The molecule has 0 aliphatic rings. The first-order valence-electron chi connectivity index (χ1n) is 6.83. The smallest absolute Gasteiger partial charge is 0.147 e. The van der Waals surface area contributed by atoms with E-state index >= 15 is 0 Å². The monoisotopic (exact) mass is 352 g/mol. The largest absolute Gasteiger partial charge is 0.370 e. The topological polar surface area (TPSA) is 49.8 Å². The number of rotatable bonds is 5. The van der Waals surface area contributed by atoms with Crippen molar-refractivity contribution < 1.29 is 4.39 Å². The van der Waals surface area contributed by atoms with Crippen molar-refractivity contribution in [3.63, 3.8) is 0 Å². The fourth-order valence-corrected chi connectivity index (χ4v) is 2.34. The molecule has 1 heterocycles. The molecule has 1 aromatic carbocycles. The molecule has 2 N–H and O–H groups in total. The van der Waals surface area contributed by atoms with E-state index < -0.39 is 0 Å². The molecule has 0 unspecified atom stereocenters. The average molecular weight is 353 g/mol. The number of anilines is 3. The molecule has 1 aromatic heterocycles. The van der Waals surface area contributed by atoms with Crippen molar-refractivity contribution in [2.24, 2.45) is 0 Å². The molecular weight excluding hydrogens is 335 g/mol. The molecule has 4 nitrogen and oxygen atoms in total. The fourth-order valence-electron chi connectivity index (χ4n) is 1.90. The summed E-state index contributed by atoms with van der Waals surface area (Å²) < 4.78 is 14.6. The van der Waals surface area contributed by atoms with Crippen LogP contribution < -0.4 is 10.6 Å². The molecule has 0 atom stereocenters. The Kier molecular flexibility index (Phi) is 5.12. The van der Waals surface area contributed by atoms with Crippen molar-refractivity contribution in [2.75, 3.05) is 17.2 Å². The molecule has 0 radical (unpaired) electrons. The summed E-state index contributed by atoms with van der Waals surface area (Å²) in [6.45, 7) is 6.65. The summed E-state index contributed by atoms with van der Waals surface area (Å²) in [5.74, 6) is 1.68. The second-order valence-corrected chi connectivity index (χ2v) is 5.60.